The van der Waals surface area contributed by atoms with Crippen molar-refractivity contribution in [3.05, 3.63) is 82.9 Å². The van der Waals surface area contributed by atoms with Crippen molar-refractivity contribution in [2.75, 3.05) is 24.3 Å². The predicted molar refractivity (Wildman–Crippen MR) is 121 cm³/mol. The number of carbonyl (C=O) groups excluding carboxylic acids is 2. The summed E-state index contributed by atoms with van der Waals surface area (Å²) in [6, 6.07) is 16.2. The van der Waals surface area contributed by atoms with E-state index in [-0.39, 0.29) is 27.6 Å². The fraction of sp³-hybridized carbons (Fsp3) is 0.0909. The fourth-order valence-corrected chi connectivity index (χ4v) is 4.06. The molecule has 166 valence electrons. The van der Waals surface area contributed by atoms with E-state index in [9.17, 15) is 18.0 Å². The van der Waals surface area contributed by atoms with Crippen molar-refractivity contribution < 1.29 is 27.5 Å². The van der Waals surface area contributed by atoms with Crippen LogP contribution in [0.4, 0.5) is 11.4 Å². The molecule has 10 heteroatoms. The zero-order chi connectivity index (χ0) is 23.3. The lowest BCUT2D eigenvalue weighted by Gasteiger charge is -2.14. The fourth-order valence-electron chi connectivity index (χ4n) is 2.78. The number of ether oxygens (including phenoxy) is 2. The van der Waals surface area contributed by atoms with Crippen LogP contribution in [-0.4, -0.2) is 34.5 Å². The number of halogens is 1. The maximum atomic E-state index is 12.9. The minimum Gasteiger partial charge on any atom is -0.495 e. The Labute approximate surface area is 190 Å². The molecule has 0 spiro atoms. The van der Waals surface area contributed by atoms with Gasteiger partial charge in [0.1, 0.15) is 5.75 Å². The molecule has 0 aliphatic heterocycles. The number of nitrogens with one attached hydrogen (secondary N) is 2. The van der Waals surface area contributed by atoms with Crippen LogP contribution in [0.3, 0.4) is 0 Å². The monoisotopic (exact) mass is 474 g/mol. The molecule has 8 nitrogen and oxygen atoms in total. The third-order valence-electron chi connectivity index (χ3n) is 4.37. The first-order valence-electron chi connectivity index (χ1n) is 9.19. The van der Waals surface area contributed by atoms with Crippen molar-refractivity contribution in [3.63, 3.8) is 0 Å². The van der Waals surface area contributed by atoms with Gasteiger partial charge in [-0.15, -0.1) is 0 Å². The largest absolute Gasteiger partial charge is 0.495 e. The lowest BCUT2D eigenvalue weighted by atomic mass is 10.2. The van der Waals surface area contributed by atoms with Crippen molar-refractivity contribution in [2.45, 2.75) is 4.90 Å². The number of sulfonamides is 1. The van der Waals surface area contributed by atoms with Crippen molar-refractivity contribution in [3.8, 4) is 5.75 Å². The number of rotatable bonds is 7. The zero-order valence-corrected chi connectivity index (χ0v) is 18.7. The van der Waals surface area contributed by atoms with E-state index in [0.29, 0.717) is 10.6 Å². The van der Waals surface area contributed by atoms with Gasteiger partial charge in [-0.2, -0.15) is 0 Å². The molecule has 0 aliphatic carbocycles. The van der Waals surface area contributed by atoms with Gasteiger partial charge in [0, 0.05) is 16.3 Å². The summed E-state index contributed by atoms with van der Waals surface area (Å²) in [5.41, 5.74) is 1.00. The van der Waals surface area contributed by atoms with Crippen LogP contribution < -0.4 is 14.8 Å². The number of hydrogen-bond donors (Lipinski definition) is 2. The van der Waals surface area contributed by atoms with Crippen molar-refractivity contribution in [1.29, 1.82) is 0 Å². The minimum absolute atomic E-state index is 0.100. The van der Waals surface area contributed by atoms with Gasteiger partial charge < -0.3 is 14.8 Å². The average Bonchev–Trinajstić information content (AvgIpc) is 2.78. The number of carbonyl (C=O) groups is 2. The van der Waals surface area contributed by atoms with Gasteiger partial charge in [-0.25, -0.2) is 13.2 Å². The molecule has 3 aromatic rings. The smallest absolute Gasteiger partial charge is 0.337 e. The van der Waals surface area contributed by atoms with E-state index >= 15 is 0 Å². The van der Waals surface area contributed by atoms with Crippen LogP contribution in [0.1, 0.15) is 20.7 Å². The Balaban J connectivity index is 1.86. The molecule has 32 heavy (non-hydrogen) atoms. The van der Waals surface area contributed by atoms with E-state index in [1.54, 1.807) is 18.2 Å². The molecular formula is C22H19ClN2O6S. The molecule has 3 aromatic carbocycles. The first kappa shape index (κ1) is 23.1. The Morgan fingerprint density at radius 2 is 1.62 bits per heavy atom. The maximum absolute atomic E-state index is 12.9. The predicted octanol–water partition coefficient (Wildman–Crippen LogP) is 4.19. The average molecular weight is 475 g/mol. The van der Waals surface area contributed by atoms with Crippen LogP contribution in [0.15, 0.2) is 71.6 Å². The lowest BCUT2D eigenvalue weighted by molar-refractivity contribution is 0.0600. The van der Waals surface area contributed by atoms with Gasteiger partial charge >= 0.3 is 5.97 Å². The first-order chi connectivity index (χ1) is 15.2. The summed E-state index contributed by atoms with van der Waals surface area (Å²) in [6.45, 7) is 0. The topological polar surface area (TPSA) is 111 Å². The molecule has 0 radical (unpaired) electrons. The zero-order valence-electron chi connectivity index (χ0n) is 17.1. The van der Waals surface area contributed by atoms with Gasteiger partial charge in [0.25, 0.3) is 15.9 Å². The highest BCUT2D eigenvalue weighted by atomic mass is 35.5. The van der Waals surface area contributed by atoms with Crippen LogP contribution in [0.5, 0.6) is 5.75 Å². The summed E-state index contributed by atoms with van der Waals surface area (Å²) in [5.74, 6) is -0.733. The van der Waals surface area contributed by atoms with Crippen molar-refractivity contribution in [1.82, 2.24) is 0 Å². The molecule has 0 heterocycles. The molecule has 0 aromatic heterocycles. The minimum atomic E-state index is -4.00. The molecule has 0 saturated carbocycles. The number of benzene rings is 3. The van der Waals surface area contributed by atoms with E-state index in [1.807, 2.05) is 0 Å². The van der Waals surface area contributed by atoms with Crippen LogP contribution in [0.25, 0.3) is 0 Å². The molecule has 0 saturated heterocycles. The number of esters is 1. The van der Waals surface area contributed by atoms with Crippen LogP contribution >= 0.6 is 11.6 Å². The Morgan fingerprint density at radius 1 is 0.906 bits per heavy atom. The standard InChI is InChI=1S/C22H19ClN2O6S/c1-30-20-11-10-18(13-19(20)24-21(26)15-4-3-5-16(23)12-15)32(28,29)25-17-8-6-14(7-9-17)22(27)31-2/h3-13,25H,1-2H3,(H,24,26). The van der Waals surface area contributed by atoms with Gasteiger partial charge in [-0.3, -0.25) is 9.52 Å². The number of amides is 1. The molecular weight excluding hydrogens is 456 g/mol. The van der Waals surface area contributed by atoms with E-state index in [4.69, 9.17) is 16.3 Å². The number of hydrogen-bond acceptors (Lipinski definition) is 6. The van der Waals surface area contributed by atoms with Crippen molar-refractivity contribution >= 4 is 44.9 Å². The molecule has 0 fully saturated rings. The molecule has 0 aliphatic rings. The molecule has 2 N–H and O–H groups in total. The molecule has 0 unspecified atom stereocenters. The van der Waals surface area contributed by atoms with E-state index < -0.39 is 21.9 Å². The summed E-state index contributed by atoms with van der Waals surface area (Å²) >= 11 is 5.93. The Kier molecular flexibility index (Phi) is 7.01. The summed E-state index contributed by atoms with van der Waals surface area (Å²) in [6.07, 6.45) is 0. The molecule has 1 amide bonds. The Bertz CT molecular complexity index is 1260. The van der Waals surface area contributed by atoms with E-state index in [1.165, 1.54) is 62.8 Å². The summed E-state index contributed by atoms with van der Waals surface area (Å²) < 4.78 is 38.0. The van der Waals surface area contributed by atoms with Gasteiger partial charge in [-0.1, -0.05) is 17.7 Å². The van der Waals surface area contributed by atoms with Gasteiger partial charge in [0.15, 0.2) is 0 Å². The quantitative estimate of drug-likeness (QED) is 0.497. The summed E-state index contributed by atoms with van der Waals surface area (Å²) in [5, 5.41) is 3.03. The van der Waals surface area contributed by atoms with Gasteiger partial charge in [0.2, 0.25) is 0 Å². The second-order valence-corrected chi connectivity index (χ2v) is 8.62. The highest BCUT2D eigenvalue weighted by Crippen LogP contribution is 2.29. The number of methoxy groups -OCH3 is 2. The second kappa shape index (κ2) is 9.71. The van der Waals surface area contributed by atoms with E-state index in [2.05, 4.69) is 14.8 Å². The second-order valence-electron chi connectivity index (χ2n) is 6.50. The van der Waals surface area contributed by atoms with Crippen LogP contribution in [-0.2, 0) is 14.8 Å². The summed E-state index contributed by atoms with van der Waals surface area (Å²) in [7, 11) is -1.34. The molecule has 0 atom stereocenters. The highest BCUT2D eigenvalue weighted by Gasteiger charge is 2.19. The highest BCUT2D eigenvalue weighted by molar-refractivity contribution is 7.92. The number of anilines is 2. The molecule has 0 bridgehead atoms. The third kappa shape index (κ3) is 5.37. The van der Waals surface area contributed by atoms with Crippen molar-refractivity contribution in [2.24, 2.45) is 0 Å². The normalized spacial score (nSPS) is 10.8. The SMILES string of the molecule is COC(=O)c1ccc(NS(=O)(=O)c2ccc(OC)c(NC(=O)c3cccc(Cl)c3)c2)cc1. The first-order valence-corrected chi connectivity index (χ1v) is 11.1. The van der Waals surface area contributed by atoms with Crippen LogP contribution in [0.2, 0.25) is 5.02 Å². The Hall–Kier alpha value is -3.56. The Morgan fingerprint density at radius 3 is 2.25 bits per heavy atom. The third-order valence-corrected chi connectivity index (χ3v) is 5.99. The van der Waals surface area contributed by atoms with E-state index in [0.717, 1.165) is 0 Å². The van der Waals surface area contributed by atoms with Gasteiger partial charge in [-0.05, 0) is 60.7 Å². The lowest BCUT2D eigenvalue weighted by Crippen LogP contribution is -2.16. The van der Waals surface area contributed by atoms with Gasteiger partial charge in [0.05, 0.1) is 30.4 Å². The molecule has 3 rings (SSSR count). The summed E-state index contributed by atoms with van der Waals surface area (Å²) in [4.78, 5) is 24.0. The van der Waals surface area contributed by atoms with Crippen LogP contribution in [0, 0.1) is 0 Å². The maximum Gasteiger partial charge on any atom is 0.337 e.